The van der Waals surface area contributed by atoms with E-state index in [1.807, 2.05) is 19.9 Å². The zero-order valence-corrected chi connectivity index (χ0v) is 21.5. The summed E-state index contributed by atoms with van der Waals surface area (Å²) in [7, 11) is 1.75. The van der Waals surface area contributed by atoms with Gasteiger partial charge in [-0.05, 0) is 55.3 Å². The summed E-state index contributed by atoms with van der Waals surface area (Å²) in [5, 5.41) is 13.5. The van der Waals surface area contributed by atoms with Crippen molar-refractivity contribution in [3.63, 3.8) is 0 Å². The molecule has 12 heteroatoms. The molecule has 0 saturated carbocycles. The zero-order chi connectivity index (χ0) is 28.2. The van der Waals surface area contributed by atoms with Gasteiger partial charge in [-0.15, -0.1) is 0 Å². The minimum absolute atomic E-state index is 0.130. The smallest absolute Gasteiger partial charge is 0.373 e. The average Bonchev–Trinajstić information content (AvgIpc) is 3.28. The van der Waals surface area contributed by atoms with Crippen molar-refractivity contribution in [2.45, 2.75) is 20.0 Å². The van der Waals surface area contributed by atoms with Gasteiger partial charge in [0.25, 0.3) is 5.91 Å². The summed E-state index contributed by atoms with van der Waals surface area (Å²) in [5.74, 6) is 1.10. The third-order valence-electron chi connectivity index (χ3n) is 5.71. The Balaban J connectivity index is 1.62. The first-order chi connectivity index (χ1) is 18.6. The van der Waals surface area contributed by atoms with E-state index in [-0.39, 0.29) is 17.7 Å². The largest absolute Gasteiger partial charge is 0.416 e. The fourth-order valence-electron chi connectivity index (χ4n) is 3.79. The van der Waals surface area contributed by atoms with Crippen LogP contribution in [0.15, 0.2) is 60.9 Å². The molecule has 0 bridgehead atoms. The lowest BCUT2D eigenvalue weighted by atomic mass is 10.0. The van der Waals surface area contributed by atoms with E-state index in [0.29, 0.717) is 28.8 Å². The number of benzene rings is 2. The zero-order valence-electron chi connectivity index (χ0n) is 21.5. The van der Waals surface area contributed by atoms with Gasteiger partial charge >= 0.3 is 6.18 Å². The van der Waals surface area contributed by atoms with E-state index in [9.17, 15) is 18.0 Å². The van der Waals surface area contributed by atoms with E-state index in [2.05, 4.69) is 31.0 Å². The van der Waals surface area contributed by atoms with Gasteiger partial charge in [0.05, 0.1) is 11.3 Å². The molecule has 2 aromatic carbocycles. The van der Waals surface area contributed by atoms with Crippen molar-refractivity contribution in [3.8, 4) is 5.82 Å². The first kappa shape index (κ1) is 27.3. The highest BCUT2D eigenvalue weighted by Crippen LogP contribution is 2.32. The number of carbonyl (C=O) groups is 1. The molecule has 9 nitrogen and oxygen atoms in total. The molecule has 2 aromatic heterocycles. The molecule has 0 radical (unpaired) electrons. The fraction of sp³-hybridized carbons (Fsp3) is 0.185. The molecule has 0 spiro atoms. The second-order valence-electron chi connectivity index (χ2n) is 8.68. The van der Waals surface area contributed by atoms with Gasteiger partial charge in [-0.2, -0.15) is 23.0 Å². The number of hydrogen-bond donors (Lipinski definition) is 4. The summed E-state index contributed by atoms with van der Waals surface area (Å²) in [6, 6.07) is 11.9. The van der Waals surface area contributed by atoms with Crippen molar-refractivity contribution in [2.24, 2.45) is 5.73 Å². The monoisotopic (exact) mass is 536 g/mol. The Morgan fingerprint density at radius 2 is 1.87 bits per heavy atom. The summed E-state index contributed by atoms with van der Waals surface area (Å²) in [4.78, 5) is 21.4. The lowest BCUT2D eigenvalue weighted by Gasteiger charge is -2.14. The number of rotatable bonds is 8. The van der Waals surface area contributed by atoms with E-state index in [1.54, 1.807) is 36.0 Å². The Bertz CT molecular complexity index is 1530. The van der Waals surface area contributed by atoms with Crippen LogP contribution in [0.1, 0.15) is 32.7 Å². The lowest BCUT2D eigenvalue weighted by Crippen LogP contribution is -2.15. The minimum Gasteiger partial charge on any atom is -0.373 e. The van der Waals surface area contributed by atoms with Crippen molar-refractivity contribution in [2.75, 3.05) is 29.5 Å². The summed E-state index contributed by atoms with van der Waals surface area (Å²) in [6.45, 7) is 3.88. The maximum absolute atomic E-state index is 13.5. The first-order valence-corrected chi connectivity index (χ1v) is 11.9. The van der Waals surface area contributed by atoms with Crippen LogP contribution in [0.3, 0.4) is 0 Å². The van der Waals surface area contributed by atoms with Crippen LogP contribution in [-0.4, -0.2) is 39.2 Å². The number of hydrogen-bond acceptors (Lipinski definition) is 7. The number of aromatic nitrogens is 4. The number of aryl methyl sites for hydroxylation is 2. The third-order valence-corrected chi connectivity index (χ3v) is 5.71. The van der Waals surface area contributed by atoms with Crippen LogP contribution >= 0.6 is 0 Å². The van der Waals surface area contributed by atoms with E-state index in [0.717, 1.165) is 23.4 Å². The number of anilines is 4. The molecular weight excluding hydrogens is 509 g/mol. The van der Waals surface area contributed by atoms with E-state index in [4.69, 9.17) is 5.73 Å². The predicted octanol–water partition coefficient (Wildman–Crippen LogP) is 5.31. The minimum atomic E-state index is -4.61. The first-order valence-electron chi connectivity index (χ1n) is 11.9. The summed E-state index contributed by atoms with van der Waals surface area (Å²) >= 11 is 0. The van der Waals surface area contributed by atoms with Crippen molar-refractivity contribution in [1.29, 1.82) is 0 Å². The summed E-state index contributed by atoms with van der Waals surface area (Å²) in [5.41, 5.74) is 7.26. The topological polar surface area (TPSA) is 123 Å². The molecular formula is C27H27F3N8O. The molecule has 0 aliphatic heterocycles. The SMILES string of the molecule is CNc1cc(-n2nc(C)cc2Nc2cc(NC(=O)c3cc(C=CCN)cc(C(F)(F)F)c3)ccc2C)ncn1. The normalized spacial score (nSPS) is 11.6. The van der Waals surface area contributed by atoms with Gasteiger partial charge in [0.1, 0.15) is 18.0 Å². The van der Waals surface area contributed by atoms with Gasteiger partial charge < -0.3 is 21.7 Å². The number of nitrogens with zero attached hydrogens (tertiary/aromatic N) is 4. The van der Waals surface area contributed by atoms with Crippen molar-refractivity contribution in [1.82, 2.24) is 19.7 Å². The van der Waals surface area contributed by atoms with Crippen LogP contribution in [-0.2, 0) is 6.18 Å². The lowest BCUT2D eigenvalue weighted by molar-refractivity contribution is -0.137. The van der Waals surface area contributed by atoms with Crippen LogP contribution < -0.4 is 21.7 Å². The van der Waals surface area contributed by atoms with E-state index >= 15 is 0 Å². The maximum atomic E-state index is 13.5. The Morgan fingerprint density at radius 3 is 2.59 bits per heavy atom. The van der Waals surface area contributed by atoms with E-state index in [1.165, 1.54) is 24.5 Å². The second kappa shape index (κ2) is 11.4. The van der Waals surface area contributed by atoms with Gasteiger partial charge in [0.2, 0.25) is 0 Å². The molecule has 0 saturated heterocycles. The quantitative estimate of drug-likeness (QED) is 0.241. The number of nitrogens with two attached hydrogens (primary N) is 1. The predicted molar refractivity (Wildman–Crippen MR) is 145 cm³/mol. The van der Waals surface area contributed by atoms with Gasteiger partial charge in [0.15, 0.2) is 5.82 Å². The van der Waals surface area contributed by atoms with Crippen molar-refractivity contribution >= 4 is 35.0 Å². The Hall–Kier alpha value is -4.71. The number of halogens is 3. The van der Waals surface area contributed by atoms with E-state index < -0.39 is 17.6 Å². The van der Waals surface area contributed by atoms with Crippen LogP contribution in [0.2, 0.25) is 0 Å². The Morgan fingerprint density at radius 1 is 1.08 bits per heavy atom. The number of nitrogens with one attached hydrogen (secondary N) is 3. The van der Waals surface area contributed by atoms with Gasteiger partial charge in [-0.1, -0.05) is 18.2 Å². The molecule has 202 valence electrons. The van der Waals surface area contributed by atoms with Crippen LogP contribution in [0.5, 0.6) is 0 Å². The molecule has 0 unspecified atom stereocenters. The van der Waals surface area contributed by atoms with Gasteiger partial charge in [0, 0.05) is 42.7 Å². The molecule has 1 amide bonds. The highest BCUT2D eigenvalue weighted by Gasteiger charge is 2.31. The average molecular weight is 537 g/mol. The number of amides is 1. The van der Waals surface area contributed by atoms with Crippen LogP contribution in [0, 0.1) is 13.8 Å². The molecule has 4 aromatic rings. The summed E-state index contributed by atoms with van der Waals surface area (Å²) < 4.78 is 42.0. The molecule has 2 heterocycles. The van der Waals surface area contributed by atoms with Gasteiger partial charge in [-0.3, -0.25) is 4.79 Å². The van der Waals surface area contributed by atoms with Crippen molar-refractivity contribution in [3.05, 3.63) is 88.9 Å². The maximum Gasteiger partial charge on any atom is 0.416 e. The number of alkyl halides is 3. The molecule has 4 rings (SSSR count). The van der Waals surface area contributed by atoms with Gasteiger partial charge in [-0.25, -0.2) is 9.97 Å². The highest BCUT2D eigenvalue weighted by molar-refractivity contribution is 6.05. The fourth-order valence-corrected chi connectivity index (χ4v) is 3.79. The Kier molecular flexibility index (Phi) is 7.96. The second-order valence-corrected chi connectivity index (χ2v) is 8.68. The van der Waals surface area contributed by atoms with Crippen molar-refractivity contribution < 1.29 is 18.0 Å². The molecule has 5 N–H and O–H groups in total. The molecule has 0 atom stereocenters. The van der Waals surface area contributed by atoms with Crippen LogP contribution in [0.25, 0.3) is 11.9 Å². The molecule has 0 aliphatic rings. The Labute approximate surface area is 223 Å². The summed E-state index contributed by atoms with van der Waals surface area (Å²) in [6.07, 6.45) is -0.222. The highest BCUT2D eigenvalue weighted by atomic mass is 19.4. The molecule has 39 heavy (non-hydrogen) atoms. The number of carbonyl (C=O) groups excluding carboxylic acids is 1. The van der Waals surface area contributed by atoms with Crippen LogP contribution in [0.4, 0.5) is 36.2 Å². The third kappa shape index (κ3) is 6.60. The molecule has 0 aliphatic carbocycles. The standard InChI is InChI=1S/C27H27F3N8O/c1-16-6-7-21(35-26(39)19-10-18(5-4-8-31)11-20(12-19)27(28,29)30)13-22(16)36-25-9-17(2)37-38(25)24-14-23(32-3)33-15-34-24/h4-7,9-15,36H,8,31H2,1-3H3,(H,35,39)(H,32,33,34). The molecule has 0 fully saturated rings.